The highest BCUT2D eigenvalue weighted by molar-refractivity contribution is 7.18. The average Bonchev–Trinajstić information content (AvgIpc) is 2.98. The van der Waals surface area contributed by atoms with Gasteiger partial charge in [-0.2, -0.15) is 0 Å². The van der Waals surface area contributed by atoms with Crippen molar-refractivity contribution < 1.29 is 14.1 Å². The zero-order chi connectivity index (χ0) is 19.7. The first-order valence-corrected chi connectivity index (χ1v) is 10.2. The van der Waals surface area contributed by atoms with Gasteiger partial charge in [-0.15, -0.1) is 11.3 Å². The number of amides is 1. The van der Waals surface area contributed by atoms with Crippen molar-refractivity contribution in [3.63, 3.8) is 0 Å². The molecule has 0 radical (unpaired) electrons. The number of aryl methyl sites for hydroxylation is 2. The van der Waals surface area contributed by atoms with E-state index in [1.165, 1.54) is 27.5 Å². The minimum absolute atomic E-state index is 0.0520. The van der Waals surface area contributed by atoms with Gasteiger partial charge in [-0.1, -0.05) is 0 Å². The molecule has 3 heterocycles. The Morgan fingerprint density at radius 2 is 1.93 bits per heavy atom. The maximum atomic E-state index is 13.0. The number of piperazine rings is 1. The Hall–Kier alpha value is -2.58. The molecule has 28 heavy (non-hydrogen) atoms. The highest BCUT2D eigenvalue weighted by atomic mass is 32.1. The van der Waals surface area contributed by atoms with E-state index in [-0.39, 0.29) is 11.7 Å². The van der Waals surface area contributed by atoms with Crippen molar-refractivity contribution in [1.29, 1.82) is 0 Å². The molecule has 0 saturated carbocycles. The van der Waals surface area contributed by atoms with Crippen LogP contribution in [0.25, 0.3) is 10.2 Å². The minimum Gasteiger partial charge on any atom is -0.345 e. The monoisotopic (exact) mass is 400 g/mol. The van der Waals surface area contributed by atoms with Gasteiger partial charge in [0.1, 0.15) is 22.8 Å². The van der Waals surface area contributed by atoms with Gasteiger partial charge in [-0.05, 0) is 43.7 Å². The molecule has 0 bridgehead atoms. The van der Waals surface area contributed by atoms with Crippen LogP contribution in [0, 0.1) is 19.7 Å². The zero-order valence-corrected chi connectivity index (χ0v) is 16.8. The lowest BCUT2D eigenvalue weighted by Crippen LogP contribution is -3.15. The lowest BCUT2D eigenvalue weighted by Gasteiger charge is -2.32. The van der Waals surface area contributed by atoms with E-state index < -0.39 is 0 Å². The summed E-state index contributed by atoms with van der Waals surface area (Å²) in [5.41, 5.74) is 1.88. The highest BCUT2D eigenvalue weighted by Gasteiger charge is 2.25. The van der Waals surface area contributed by atoms with Gasteiger partial charge >= 0.3 is 0 Å². The fourth-order valence-electron chi connectivity index (χ4n) is 3.58. The Bertz CT molecular complexity index is 996. The summed E-state index contributed by atoms with van der Waals surface area (Å²) >= 11 is 1.71. The minimum atomic E-state index is -0.311. The maximum absolute atomic E-state index is 13.0. The molecule has 0 aliphatic carbocycles. The largest absolute Gasteiger partial charge is 0.345 e. The maximum Gasteiger partial charge on any atom is 0.279 e. The van der Waals surface area contributed by atoms with Crippen LogP contribution < -0.4 is 15.1 Å². The van der Waals surface area contributed by atoms with Gasteiger partial charge in [0.05, 0.1) is 31.6 Å². The Morgan fingerprint density at radius 3 is 2.64 bits per heavy atom. The van der Waals surface area contributed by atoms with Gasteiger partial charge < -0.3 is 15.1 Å². The third-order valence-corrected chi connectivity index (χ3v) is 6.37. The van der Waals surface area contributed by atoms with Crippen LogP contribution in [0.2, 0.25) is 0 Å². The standard InChI is InChI=1S/C20H22FN5OS/c1-13-14(2)28-20-18(13)19(22-12-23-20)26-9-7-25(8-10-26)11-17(27)24-16-5-3-15(21)4-6-16/h3-6,12H,7-11H2,1-2H3,(H,24,27)/p+1. The Morgan fingerprint density at radius 1 is 1.21 bits per heavy atom. The molecule has 6 nitrogen and oxygen atoms in total. The Balaban J connectivity index is 1.37. The van der Waals surface area contributed by atoms with Crippen molar-refractivity contribution in [2.75, 3.05) is 42.9 Å². The van der Waals surface area contributed by atoms with Crippen molar-refractivity contribution in [2.24, 2.45) is 0 Å². The van der Waals surface area contributed by atoms with E-state index >= 15 is 0 Å². The summed E-state index contributed by atoms with van der Waals surface area (Å²) in [6, 6.07) is 5.84. The lowest BCUT2D eigenvalue weighted by molar-refractivity contribution is -0.892. The Kier molecular flexibility index (Phi) is 5.23. The van der Waals surface area contributed by atoms with Crippen LogP contribution >= 0.6 is 11.3 Å². The summed E-state index contributed by atoms with van der Waals surface area (Å²) in [5, 5.41) is 3.99. The van der Waals surface area contributed by atoms with Crippen molar-refractivity contribution in [3.8, 4) is 0 Å². The van der Waals surface area contributed by atoms with Crippen molar-refractivity contribution >= 4 is 39.0 Å². The lowest BCUT2D eigenvalue weighted by atomic mass is 10.2. The molecule has 0 unspecified atom stereocenters. The number of rotatable bonds is 4. The van der Waals surface area contributed by atoms with Crippen LogP contribution in [0.1, 0.15) is 10.4 Å². The second kappa shape index (κ2) is 7.81. The molecule has 1 aromatic carbocycles. The van der Waals surface area contributed by atoms with Crippen LogP contribution in [0.5, 0.6) is 0 Å². The number of nitrogens with one attached hydrogen (secondary N) is 2. The molecule has 2 aromatic heterocycles. The zero-order valence-electron chi connectivity index (χ0n) is 16.0. The first-order chi connectivity index (χ1) is 13.5. The topological polar surface area (TPSA) is 62.6 Å². The number of hydrogen-bond donors (Lipinski definition) is 2. The van der Waals surface area contributed by atoms with E-state index in [0.717, 1.165) is 42.2 Å². The SMILES string of the molecule is Cc1sc2ncnc(N3CC[NH+](CC(=O)Nc4ccc(F)cc4)CC3)c2c1C. The normalized spacial score (nSPS) is 15.2. The van der Waals surface area contributed by atoms with Crippen LogP contribution in [-0.4, -0.2) is 48.6 Å². The molecule has 146 valence electrons. The van der Waals surface area contributed by atoms with Crippen LogP contribution in [0.15, 0.2) is 30.6 Å². The van der Waals surface area contributed by atoms with Crippen LogP contribution in [0.3, 0.4) is 0 Å². The molecule has 1 saturated heterocycles. The van der Waals surface area contributed by atoms with E-state index in [1.807, 2.05) is 0 Å². The molecule has 8 heteroatoms. The molecule has 1 amide bonds. The van der Waals surface area contributed by atoms with Crippen molar-refractivity contribution in [2.45, 2.75) is 13.8 Å². The summed E-state index contributed by atoms with van der Waals surface area (Å²) in [6.45, 7) is 8.07. The molecular formula is C20H23FN5OS+. The molecule has 1 aliphatic rings. The van der Waals surface area contributed by atoms with Gasteiger partial charge in [0.25, 0.3) is 5.91 Å². The Labute approximate surface area is 167 Å². The van der Waals surface area contributed by atoms with Gasteiger partial charge in [0, 0.05) is 10.6 Å². The quantitative estimate of drug-likeness (QED) is 0.701. The smallest absolute Gasteiger partial charge is 0.279 e. The summed E-state index contributed by atoms with van der Waals surface area (Å²) in [5.74, 6) is 0.639. The number of halogens is 1. The first kappa shape index (κ1) is 18.8. The number of nitrogens with zero attached hydrogens (tertiary/aromatic N) is 3. The fourth-order valence-corrected chi connectivity index (χ4v) is 4.57. The third-order valence-electron chi connectivity index (χ3n) is 5.25. The number of anilines is 2. The second-order valence-corrected chi connectivity index (χ2v) is 8.33. The predicted octanol–water partition coefficient (Wildman–Crippen LogP) is 1.79. The first-order valence-electron chi connectivity index (χ1n) is 9.36. The van der Waals surface area contributed by atoms with E-state index in [2.05, 4.69) is 34.0 Å². The van der Waals surface area contributed by atoms with Crippen LogP contribution in [-0.2, 0) is 4.79 Å². The van der Waals surface area contributed by atoms with E-state index in [4.69, 9.17) is 0 Å². The molecule has 1 fully saturated rings. The number of benzene rings is 1. The fraction of sp³-hybridized carbons (Fsp3) is 0.350. The molecule has 0 spiro atoms. The summed E-state index contributed by atoms with van der Waals surface area (Å²) in [6.07, 6.45) is 1.64. The van der Waals surface area contributed by atoms with E-state index in [0.29, 0.717) is 12.2 Å². The van der Waals surface area contributed by atoms with Gasteiger partial charge in [-0.25, -0.2) is 14.4 Å². The van der Waals surface area contributed by atoms with Crippen molar-refractivity contribution in [1.82, 2.24) is 9.97 Å². The number of carbonyl (C=O) groups is 1. The third kappa shape index (κ3) is 3.83. The predicted molar refractivity (Wildman–Crippen MR) is 110 cm³/mol. The number of quaternary nitrogens is 1. The summed E-state index contributed by atoms with van der Waals surface area (Å²) < 4.78 is 13.0. The van der Waals surface area contributed by atoms with Gasteiger partial charge in [0.2, 0.25) is 0 Å². The van der Waals surface area contributed by atoms with E-state index in [1.54, 1.807) is 29.8 Å². The number of fused-ring (bicyclic) bond motifs is 1. The van der Waals surface area contributed by atoms with Gasteiger partial charge in [0.15, 0.2) is 6.54 Å². The van der Waals surface area contributed by atoms with Crippen molar-refractivity contribution in [3.05, 3.63) is 46.9 Å². The second-order valence-electron chi connectivity index (χ2n) is 7.13. The molecule has 4 rings (SSSR count). The van der Waals surface area contributed by atoms with Crippen LogP contribution in [0.4, 0.5) is 15.9 Å². The molecule has 3 aromatic rings. The molecule has 0 atom stereocenters. The number of aromatic nitrogens is 2. The molecule has 2 N–H and O–H groups in total. The van der Waals surface area contributed by atoms with Gasteiger partial charge in [-0.3, -0.25) is 4.79 Å². The number of thiophene rings is 1. The summed E-state index contributed by atoms with van der Waals surface area (Å²) in [7, 11) is 0. The molecule has 1 aliphatic heterocycles. The van der Waals surface area contributed by atoms with E-state index in [9.17, 15) is 9.18 Å². The highest BCUT2D eigenvalue weighted by Crippen LogP contribution is 2.34. The number of carbonyl (C=O) groups excluding carboxylic acids is 1. The molecular weight excluding hydrogens is 377 g/mol. The number of hydrogen-bond acceptors (Lipinski definition) is 5. The summed E-state index contributed by atoms with van der Waals surface area (Å²) in [4.78, 5) is 27.1. The average molecular weight is 401 g/mol.